The van der Waals surface area contributed by atoms with Crippen molar-refractivity contribution in [3.63, 3.8) is 0 Å². The Balaban J connectivity index is 2.98. The molecule has 0 saturated carbocycles. The second-order valence-corrected chi connectivity index (χ2v) is 4.25. The number of nitrogens with zero attached hydrogens (tertiary/aromatic N) is 1. The van der Waals surface area contributed by atoms with E-state index in [9.17, 15) is 4.79 Å². The molecule has 2 aromatic rings. The summed E-state index contributed by atoms with van der Waals surface area (Å²) < 4.78 is 1.68. The van der Waals surface area contributed by atoms with Gasteiger partial charge in [-0.2, -0.15) is 0 Å². The Labute approximate surface area is 94.5 Å². The van der Waals surface area contributed by atoms with Crippen molar-refractivity contribution in [2.45, 2.75) is 20.4 Å². The molecule has 0 aliphatic heterocycles. The number of benzene rings is 1. The summed E-state index contributed by atoms with van der Waals surface area (Å²) >= 11 is 0. The van der Waals surface area contributed by atoms with E-state index in [1.807, 2.05) is 19.1 Å². The van der Waals surface area contributed by atoms with E-state index >= 15 is 0 Å². The first-order valence-corrected chi connectivity index (χ1v) is 5.34. The van der Waals surface area contributed by atoms with Gasteiger partial charge in [-0.3, -0.25) is 4.79 Å². The summed E-state index contributed by atoms with van der Waals surface area (Å²) in [6.07, 6.45) is 0. The minimum Gasteiger partial charge on any atom is -0.326 e. The van der Waals surface area contributed by atoms with E-state index in [2.05, 4.69) is 13.0 Å². The summed E-state index contributed by atoms with van der Waals surface area (Å²) in [4.78, 5) is 11.9. The van der Waals surface area contributed by atoms with Crippen molar-refractivity contribution in [1.29, 1.82) is 0 Å². The van der Waals surface area contributed by atoms with Gasteiger partial charge in [-0.25, -0.2) is 0 Å². The molecule has 2 rings (SSSR count). The largest absolute Gasteiger partial charge is 0.326 e. The van der Waals surface area contributed by atoms with E-state index in [4.69, 9.17) is 5.73 Å². The van der Waals surface area contributed by atoms with Gasteiger partial charge in [0.15, 0.2) is 0 Å². The fourth-order valence-electron chi connectivity index (χ4n) is 2.13. The van der Waals surface area contributed by atoms with Crippen LogP contribution >= 0.6 is 0 Å². The van der Waals surface area contributed by atoms with E-state index in [1.165, 1.54) is 11.1 Å². The van der Waals surface area contributed by atoms with Crippen LogP contribution in [0.5, 0.6) is 0 Å². The third kappa shape index (κ3) is 1.53. The van der Waals surface area contributed by atoms with Crippen molar-refractivity contribution in [3.05, 3.63) is 45.2 Å². The van der Waals surface area contributed by atoms with E-state index in [1.54, 1.807) is 11.6 Å². The van der Waals surface area contributed by atoms with Crippen LogP contribution in [0.4, 0.5) is 0 Å². The van der Waals surface area contributed by atoms with Gasteiger partial charge in [0.05, 0.1) is 5.52 Å². The molecule has 0 saturated heterocycles. The van der Waals surface area contributed by atoms with Crippen LogP contribution in [0.3, 0.4) is 0 Å². The second kappa shape index (κ2) is 3.76. The normalized spacial score (nSPS) is 11.0. The maximum atomic E-state index is 11.9. The van der Waals surface area contributed by atoms with Gasteiger partial charge in [-0.05, 0) is 37.1 Å². The number of pyridine rings is 1. The van der Waals surface area contributed by atoms with E-state index < -0.39 is 0 Å². The summed E-state index contributed by atoms with van der Waals surface area (Å²) in [5, 5.41) is 1.10. The minimum absolute atomic E-state index is 0.000000000000000444. The molecule has 0 atom stereocenters. The second-order valence-electron chi connectivity index (χ2n) is 4.25. The SMILES string of the molecule is Cc1cc(C)c2cc(CN)c(=O)n(C)c2c1. The number of nitrogens with two attached hydrogens (primary N) is 1. The quantitative estimate of drug-likeness (QED) is 0.787. The van der Waals surface area contributed by atoms with Gasteiger partial charge in [0.25, 0.3) is 5.56 Å². The Morgan fingerprint density at radius 1 is 1.25 bits per heavy atom. The molecule has 1 aromatic heterocycles. The maximum Gasteiger partial charge on any atom is 0.255 e. The summed E-state index contributed by atoms with van der Waals surface area (Å²) in [6, 6.07) is 6.06. The predicted octanol–water partition coefficient (Wildman–Crippen LogP) is 1.61. The summed E-state index contributed by atoms with van der Waals surface area (Å²) in [6.45, 7) is 4.38. The number of aromatic nitrogens is 1. The van der Waals surface area contributed by atoms with Crippen LogP contribution < -0.4 is 11.3 Å². The lowest BCUT2D eigenvalue weighted by Gasteiger charge is -2.10. The molecule has 0 spiro atoms. The van der Waals surface area contributed by atoms with E-state index in [0.29, 0.717) is 5.56 Å². The van der Waals surface area contributed by atoms with E-state index in [-0.39, 0.29) is 12.1 Å². The fourth-order valence-corrected chi connectivity index (χ4v) is 2.13. The van der Waals surface area contributed by atoms with Crippen molar-refractivity contribution in [1.82, 2.24) is 4.57 Å². The molecule has 3 heteroatoms. The van der Waals surface area contributed by atoms with Gasteiger partial charge in [0.2, 0.25) is 0 Å². The first-order valence-electron chi connectivity index (χ1n) is 5.34. The Morgan fingerprint density at radius 3 is 2.56 bits per heavy atom. The maximum absolute atomic E-state index is 11.9. The average Bonchev–Trinajstić information content (AvgIpc) is 2.24. The number of rotatable bonds is 1. The minimum atomic E-state index is 0.000000000000000444. The van der Waals surface area contributed by atoms with Crippen LogP contribution in [0.25, 0.3) is 10.9 Å². The predicted molar refractivity (Wildman–Crippen MR) is 66.6 cm³/mol. The number of hydrogen-bond donors (Lipinski definition) is 1. The molecule has 0 fully saturated rings. The Bertz CT molecular complexity index is 611. The topological polar surface area (TPSA) is 48.0 Å². The lowest BCUT2D eigenvalue weighted by Crippen LogP contribution is -2.23. The highest BCUT2D eigenvalue weighted by atomic mass is 16.1. The molecule has 0 radical (unpaired) electrons. The van der Waals surface area contributed by atoms with Crippen molar-refractivity contribution in [2.24, 2.45) is 12.8 Å². The van der Waals surface area contributed by atoms with Gasteiger partial charge in [-0.1, -0.05) is 6.07 Å². The Kier molecular flexibility index (Phi) is 2.56. The highest BCUT2D eigenvalue weighted by Gasteiger charge is 2.07. The lowest BCUT2D eigenvalue weighted by molar-refractivity contribution is 0.868. The van der Waals surface area contributed by atoms with Crippen LogP contribution in [0, 0.1) is 13.8 Å². The highest BCUT2D eigenvalue weighted by molar-refractivity contribution is 5.83. The third-order valence-electron chi connectivity index (χ3n) is 2.99. The van der Waals surface area contributed by atoms with Crippen LogP contribution in [0.1, 0.15) is 16.7 Å². The average molecular weight is 216 g/mol. The van der Waals surface area contributed by atoms with E-state index in [0.717, 1.165) is 10.9 Å². The molecule has 1 aromatic carbocycles. The van der Waals surface area contributed by atoms with Crippen molar-refractivity contribution in [3.8, 4) is 0 Å². The molecule has 1 heterocycles. The van der Waals surface area contributed by atoms with Crippen LogP contribution in [-0.2, 0) is 13.6 Å². The zero-order valence-corrected chi connectivity index (χ0v) is 9.87. The first kappa shape index (κ1) is 10.9. The monoisotopic (exact) mass is 216 g/mol. The van der Waals surface area contributed by atoms with Gasteiger partial charge >= 0.3 is 0 Å². The molecule has 2 N–H and O–H groups in total. The van der Waals surface area contributed by atoms with Crippen molar-refractivity contribution in [2.75, 3.05) is 0 Å². The zero-order valence-electron chi connectivity index (χ0n) is 9.87. The number of fused-ring (bicyclic) bond motifs is 1. The molecular weight excluding hydrogens is 200 g/mol. The number of hydrogen-bond acceptors (Lipinski definition) is 2. The molecule has 84 valence electrons. The first-order chi connectivity index (χ1) is 7.54. The molecule has 0 amide bonds. The molecule has 3 nitrogen and oxygen atoms in total. The lowest BCUT2D eigenvalue weighted by atomic mass is 10.0. The number of aryl methyl sites for hydroxylation is 3. The summed E-state index contributed by atoms with van der Waals surface area (Å²) in [5.41, 5.74) is 9.57. The standard InChI is InChI=1S/C13H16N2O/c1-8-4-9(2)11-6-10(7-14)13(16)15(3)12(11)5-8/h4-6H,7,14H2,1-3H3. The molecular formula is C13H16N2O. The van der Waals surface area contributed by atoms with Gasteiger partial charge in [0, 0.05) is 24.5 Å². The summed E-state index contributed by atoms with van der Waals surface area (Å²) in [7, 11) is 1.79. The van der Waals surface area contributed by atoms with Crippen LogP contribution in [-0.4, -0.2) is 4.57 Å². The molecule has 0 aliphatic carbocycles. The molecule has 0 bridgehead atoms. The van der Waals surface area contributed by atoms with Crippen molar-refractivity contribution < 1.29 is 0 Å². The summed E-state index contributed by atoms with van der Waals surface area (Å²) in [5.74, 6) is 0. The van der Waals surface area contributed by atoms with Crippen LogP contribution in [0.2, 0.25) is 0 Å². The molecule has 0 aliphatic rings. The Hall–Kier alpha value is -1.61. The van der Waals surface area contributed by atoms with Gasteiger partial charge in [-0.15, -0.1) is 0 Å². The zero-order chi connectivity index (χ0) is 11.9. The third-order valence-corrected chi connectivity index (χ3v) is 2.99. The smallest absolute Gasteiger partial charge is 0.255 e. The van der Waals surface area contributed by atoms with Crippen molar-refractivity contribution >= 4 is 10.9 Å². The Morgan fingerprint density at radius 2 is 1.94 bits per heavy atom. The van der Waals surface area contributed by atoms with Crippen LogP contribution in [0.15, 0.2) is 23.0 Å². The van der Waals surface area contributed by atoms with Gasteiger partial charge < -0.3 is 10.3 Å². The molecule has 16 heavy (non-hydrogen) atoms. The van der Waals surface area contributed by atoms with Gasteiger partial charge in [0.1, 0.15) is 0 Å². The molecule has 0 unspecified atom stereocenters. The highest BCUT2D eigenvalue weighted by Crippen LogP contribution is 2.19. The fraction of sp³-hybridized carbons (Fsp3) is 0.308.